The Morgan fingerprint density at radius 1 is 1.21 bits per heavy atom. The predicted octanol–water partition coefficient (Wildman–Crippen LogP) is 2.97. The van der Waals surface area contributed by atoms with E-state index in [1.165, 1.54) is 17.0 Å². The minimum atomic E-state index is 0.347. The highest BCUT2D eigenvalue weighted by atomic mass is 16.1. The molecule has 0 amide bonds. The summed E-state index contributed by atoms with van der Waals surface area (Å²) in [6.45, 7) is 11.8. The molecule has 1 unspecified atom stereocenters. The fourth-order valence-corrected chi connectivity index (χ4v) is 3.37. The number of nitrogens with zero attached hydrogens (tertiary/aromatic N) is 1. The van der Waals surface area contributed by atoms with Crippen LogP contribution >= 0.6 is 0 Å². The van der Waals surface area contributed by atoms with E-state index in [0.29, 0.717) is 18.1 Å². The molecule has 3 nitrogen and oxygen atoms in total. The van der Waals surface area contributed by atoms with Crippen LogP contribution in [0.15, 0.2) is 0 Å². The van der Waals surface area contributed by atoms with Gasteiger partial charge in [-0.15, -0.1) is 0 Å². The predicted molar refractivity (Wildman–Crippen MR) is 78.8 cm³/mol. The van der Waals surface area contributed by atoms with E-state index in [-0.39, 0.29) is 0 Å². The van der Waals surface area contributed by atoms with Crippen molar-refractivity contribution in [3.8, 4) is 0 Å². The number of carbonyl (C=O) groups excluding carboxylic acids is 1. The first kappa shape index (κ1) is 14.3. The highest BCUT2D eigenvalue weighted by Gasteiger charge is 2.30. The quantitative estimate of drug-likeness (QED) is 0.885. The second-order valence-electron chi connectivity index (χ2n) is 5.62. The second-order valence-corrected chi connectivity index (χ2v) is 5.62. The van der Waals surface area contributed by atoms with Gasteiger partial charge < -0.3 is 9.88 Å². The highest BCUT2D eigenvalue weighted by molar-refractivity contribution is 6.00. The van der Waals surface area contributed by atoms with Gasteiger partial charge >= 0.3 is 0 Å². The van der Waals surface area contributed by atoms with E-state index in [9.17, 15) is 4.79 Å². The zero-order valence-corrected chi connectivity index (χ0v) is 12.7. The van der Waals surface area contributed by atoms with E-state index in [1.807, 2.05) is 0 Å². The molecule has 1 heterocycles. The lowest BCUT2D eigenvalue weighted by Gasteiger charge is -2.27. The van der Waals surface area contributed by atoms with E-state index in [1.54, 1.807) is 0 Å². The molecule has 0 aromatic carbocycles. The van der Waals surface area contributed by atoms with E-state index in [0.717, 1.165) is 38.0 Å². The molecule has 0 radical (unpaired) electrons. The average Bonchev–Trinajstić information content (AvgIpc) is 2.71. The summed E-state index contributed by atoms with van der Waals surface area (Å²) >= 11 is 0. The summed E-state index contributed by atoms with van der Waals surface area (Å²) in [5.74, 6) is 0.822. The number of nitrogens with one attached hydrogen (secondary N) is 1. The molecule has 3 heteroatoms. The standard InChI is InChI=1S/C16H26N2O/c1-5-13-11(4)17-14-8-12(9-15(19)16(13)14)10-18(6-2)7-3/h12,17H,5-10H2,1-4H3. The number of rotatable bonds is 5. The number of carbonyl (C=O) groups is 1. The molecule has 1 aliphatic rings. The van der Waals surface area contributed by atoms with E-state index < -0.39 is 0 Å². The number of H-pyrrole nitrogens is 1. The number of hydrogen-bond donors (Lipinski definition) is 1. The minimum absolute atomic E-state index is 0.347. The van der Waals surface area contributed by atoms with Crippen LogP contribution in [0.1, 0.15) is 54.5 Å². The second kappa shape index (κ2) is 5.91. The van der Waals surface area contributed by atoms with Crippen molar-refractivity contribution in [2.24, 2.45) is 5.92 Å². The molecule has 106 valence electrons. The van der Waals surface area contributed by atoms with Gasteiger partial charge in [-0.1, -0.05) is 20.8 Å². The van der Waals surface area contributed by atoms with Crippen LogP contribution in [-0.2, 0) is 12.8 Å². The Bertz CT molecular complexity index is 458. The van der Waals surface area contributed by atoms with Gasteiger partial charge in [-0.25, -0.2) is 0 Å². The van der Waals surface area contributed by atoms with Crippen molar-refractivity contribution < 1.29 is 4.79 Å². The highest BCUT2D eigenvalue weighted by Crippen LogP contribution is 2.30. The summed E-state index contributed by atoms with van der Waals surface area (Å²) in [6.07, 6.45) is 2.69. The van der Waals surface area contributed by atoms with Crippen molar-refractivity contribution in [1.82, 2.24) is 9.88 Å². The summed E-state index contributed by atoms with van der Waals surface area (Å²) in [6, 6.07) is 0. The Labute approximate surface area is 116 Å². The van der Waals surface area contributed by atoms with Crippen LogP contribution in [-0.4, -0.2) is 35.3 Å². The summed E-state index contributed by atoms with van der Waals surface area (Å²) < 4.78 is 0. The largest absolute Gasteiger partial charge is 0.362 e. The van der Waals surface area contributed by atoms with Crippen molar-refractivity contribution in [2.45, 2.75) is 47.0 Å². The topological polar surface area (TPSA) is 36.1 Å². The number of hydrogen-bond acceptors (Lipinski definition) is 2. The minimum Gasteiger partial charge on any atom is -0.362 e. The lowest BCUT2D eigenvalue weighted by Crippen LogP contribution is -2.33. The summed E-state index contributed by atoms with van der Waals surface area (Å²) in [7, 11) is 0. The van der Waals surface area contributed by atoms with Gasteiger partial charge in [0, 0.05) is 29.9 Å². The van der Waals surface area contributed by atoms with Crippen molar-refractivity contribution >= 4 is 5.78 Å². The molecule has 2 rings (SSSR count). The molecule has 1 N–H and O–H groups in total. The van der Waals surface area contributed by atoms with Gasteiger partial charge in [-0.3, -0.25) is 4.79 Å². The van der Waals surface area contributed by atoms with Crippen LogP contribution in [0.4, 0.5) is 0 Å². The van der Waals surface area contributed by atoms with E-state index in [4.69, 9.17) is 0 Å². The van der Waals surface area contributed by atoms with Crippen LogP contribution in [0.5, 0.6) is 0 Å². The van der Waals surface area contributed by atoms with Gasteiger partial charge in [-0.2, -0.15) is 0 Å². The van der Waals surface area contributed by atoms with E-state index in [2.05, 4.69) is 37.6 Å². The Balaban J connectivity index is 2.18. The fraction of sp³-hybridized carbons (Fsp3) is 0.688. The Morgan fingerprint density at radius 3 is 2.47 bits per heavy atom. The maximum Gasteiger partial charge on any atom is 0.165 e. The number of Topliss-reactive ketones (excluding diaryl/α,β-unsaturated/α-hetero) is 1. The van der Waals surface area contributed by atoms with Gasteiger partial charge in [-0.05, 0) is 44.3 Å². The number of ketones is 1. The molecule has 1 aromatic heterocycles. The van der Waals surface area contributed by atoms with Gasteiger partial charge in [0.15, 0.2) is 5.78 Å². The molecule has 1 atom stereocenters. The lowest BCUT2D eigenvalue weighted by atomic mass is 9.84. The first-order valence-electron chi connectivity index (χ1n) is 7.56. The Kier molecular flexibility index (Phi) is 4.46. The molecule has 1 aromatic rings. The van der Waals surface area contributed by atoms with Crippen molar-refractivity contribution in [1.29, 1.82) is 0 Å². The van der Waals surface area contributed by atoms with Crippen LogP contribution < -0.4 is 0 Å². The average molecular weight is 262 g/mol. The number of aromatic nitrogens is 1. The van der Waals surface area contributed by atoms with Crippen molar-refractivity contribution in [3.05, 3.63) is 22.5 Å². The van der Waals surface area contributed by atoms with Crippen molar-refractivity contribution in [3.63, 3.8) is 0 Å². The summed E-state index contributed by atoms with van der Waals surface area (Å²) in [5, 5.41) is 0. The zero-order valence-electron chi connectivity index (χ0n) is 12.7. The molecule has 0 bridgehead atoms. The van der Waals surface area contributed by atoms with Crippen LogP contribution in [0.3, 0.4) is 0 Å². The van der Waals surface area contributed by atoms with Crippen LogP contribution in [0.2, 0.25) is 0 Å². The Morgan fingerprint density at radius 2 is 1.89 bits per heavy atom. The first-order valence-corrected chi connectivity index (χ1v) is 7.56. The number of aromatic amines is 1. The summed E-state index contributed by atoms with van der Waals surface area (Å²) in [4.78, 5) is 18.3. The van der Waals surface area contributed by atoms with Crippen LogP contribution in [0, 0.1) is 12.8 Å². The number of fused-ring (bicyclic) bond motifs is 1. The van der Waals surface area contributed by atoms with Crippen LogP contribution in [0.25, 0.3) is 0 Å². The van der Waals surface area contributed by atoms with Gasteiger partial charge in [0.05, 0.1) is 0 Å². The van der Waals surface area contributed by atoms with E-state index >= 15 is 0 Å². The molecule has 0 saturated heterocycles. The third kappa shape index (κ3) is 2.76. The molecule has 0 fully saturated rings. The maximum absolute atomic E-state index is 12.4. The lowest BCUT2D eigenvalue weighted by molar-refractivity contribution is 0.0931. The monoisotopic (exact) mass is 262 g/mol. The zero-order chi connectivity index (χ0) is 14.0. The normalized spacial score (nSPS) is 19.0. The SMILES string of the molecule is CCc1c(C)[nH]c2c1C(=O)CC(CN(CC)CC)C2. The van der Waals surface area contributed by atoms with Crippen molar-refractivity contribution in [2.75, 3.05) is 19.6 Å². The molecule has 0 spiro atoms. The third-order valence-electron chi connectivity index (χ3n) is 4.40. The number of aryl methyl sites for hydroxylation is 1. The van der Waals surface area contributed by atoms with Gasteiger partial charge in [0.1, 0.15) is 0 Å². The smallest absolute Gasteiger partial charge is 0.165 e. The molecule has 0 aliphatic heterocycles. The molecular formula is C16H26N2O. The Hall–Kier alpha value is -1.09. The van der Waals surface area contributed by atoms with Gasteiger partial charge in [0.25, 0.3) is 0 Å². The molecule has 19 heavy (non-hydrogen) atoms. The third-order valence-corrected chi connectivity index (χ3v) is 4.40. The molecule has 1 aliphatic carbocycles. The fourth-order valence-electron chi connectivity index (χ4n) is 3.37. The molecule has 0 saturated carbocycles. The molecular weight excluding hydrogens is 236 g/mol. The van der Waals surface area contributed by atoms with Gasteiger partial charge in [0.2, 0.25) is 0 Å². The summed E-state index contributed by atoms with van der Waals surface area (Å²) in [5.41, 5.74) is 4.61. The maximum atomic E-state index is 12.4. The first-order chi connectivity index (χ1) is 9.10.